The van der Waals surface area contributed by atoms with E-state index in [9.17, 15) is 0 Å². The summed E-state index contributed by atoms with van der Waals surface area (Å²) in [6.07, 6.45) is 0. The molecule has 2 heterocycles. The molecule has 0 fully saturated rings. The molecule has 3 nitrogen and oxygen atoms in total. The second-order valence-electron chi connectivity index (χ2n) is 14.5. The molecule has 0 saturated carbocycles. The van der Waals surface area contributed by atoms with Crippen LogP contribution in [0, 0.1) is 0 Å². The molecule has 2 aromatic heterocycles. The molecule has 9 aromatic carbocycles. The fraction of sp³-hybridized carbons (Fsp3) is 0. The van der Waals surface area contributed by atoms with Crippen LogP contribution in [-0.2, 0) is 0 Å². The maximum atomic E-state index is 6.43. The first-order valence-corrected chi connectivity index (χ1v) is 19.4. The van der Waals surface area contributed by atoms with E-state index in [4.69, 9.17) is 4.42 Å². The highest BCUT2D eigenvalue weighted by Crippen LogP contribution is 2.43. The predicted octanol–water partition coefficient (Wildman–Crippen LogP) is 15.2. The Morgan fingerprint density at radius 3 is 1.53 bits per heavy atom. The summed E-state index contributed by atoms with van der Waals surface area (Å²) in [5.74, 6) is 0. The largest absolute Gasteiger partial charge is 0.455 e. The van der Waals surface area contributed by atoms with Crippen molar-refractivity contribution < 1.29 is 4.42 Å². The van der Waals surface area contributed by atoms with Crippen molar-refractivity contribution in [1.82, 2.24) is 4.57 Å². The van der Waals surface area contributed by atoms with E-state index in [1.807, 2.05) is 12.1 Å². The molecule has 0 bridgehead atoms. The molecule has 0 spiro atoms. The molecule has 0 aliphatic heterocycles. The van der Waals surface area contributed by atoms with Crippen molar-refractivity contribution in [2.75, 3.05) is 4.90 Å². The van der Waals surface area contributed by atoms with Gasteiger partial charge in [-0.05, 0) is 71.3 Å². The van der Waals surface area contributed by atoms with E-state index in [0.29, 0.717) is 0 Å². The molecule has 0 radical (unpaired) electrons. The van der Waals surface area contributed by atoms with Crippen LogP contribution in [0.5, 0.6) is 0 Å². The first kappa shape index (κ1) is 32.8. The third kappa shape index (κ3) is 5.51. The number of aromatic nitrogens is 1. The van der Waals surface area contributed by atoms with Crippen LogP contribution in [0.4, 0.5) is 17.1 Å². The number of nitrogens with zero attached hydrogens (tertiary/aromatic N) is 2. The van der Waals surface area contributed by atoms with Crippen LogP contribution in [0.2, 0.25) is 0 Å². The van der Waals surface area contributed by atoms with Gasteiger partial charge in [-0.15, -0.1) is 0 Å². The molecule has 0 saturated heterocycles. The molecule has 57 heavy (non-hydrogen) atoms. The standard InChI is InChI=1S/C54H36N2O/c1-2-15-37(16-3-1)42-17-4-9-24-49(42)55(41-35-31-39(32-36-41)44-22-14-23-48-47-21-8-13-28-53(47)57-54(44)48)40-33-29-38(30-34-40)43-18-5-10-25-50(43)56-51-26-11-6-19-45(51)46-20-7-12-27-52(46)56/h1-36H. The fourth-order valence-corrected chi connectivity index (χ4v) is 8.61. The smallest absolute Gasteiger partial charge is 0.143 e. The summed E-state index contributed by atoms with van der Waals surface area (Å²) in [4.78, 5) is 2.37. The summed E-state index contributed by atoms with van der Waals surface area (Å²) in [5, 5.41) is 4.78. The zero-order chi connectivity index (χ0) is 37.7. The van der Waals surface area contributed by atoms with Crippen molar-refractivity contribution in [3.8, 4) is 39.1 Å². The van der Waals surface area contributed by atoms with Crippen LogP contribution in [-0.4, -0.2) is 4.57 Å². The Labute approximate surface area is 330 Å². The van der Waals surface area contributed by atoms with Gasteiger partial charge in [0.25, 0.3) is 0 Å². The molecular weight excluding hydrogens is 693 g/mol. The Hall–Kier alpha value is -7.62. The maximum Gasteiger partial charge on any atom is 0.143 e. The van der Waals surface area contributed by atoms with Crippen molar-refractivity contribution in [3.05, 3.63) is 218 Å². The molecule has 0 amide bonds. The summed E-state index contributed by atoms with van der Waals surface area (Å²) in [7, 11) is 0. The van der Waals surface area contributed by atoms with Gasteiger partial charge in [-0.1, -0.05) is 164 Å². The lowest BCUT2D eigenvalue weighted by atomic mass is 9.99. The van der Waals surface area contributed by atoms with Crippen molar-refractivity contribution in [2.45, 2.75) is 0 Å². The maximum absolute atomic E-state index is 6.43. The Kier molecular flexibility index (Phi) is 7.82. The summed E-state index contributed by atoms with van der Waals surface area (Å²) in [6.45, 7) is 0. The SMILES string of the molecule is c1ccc(-c2ccccc2N(c2ccc(-c3ccccc3-n3c4ccccc4c4ccccc43)cc2)c2ccc(-c3cccc4c3oc3ccccc34)cc2)cc1. The van der Waals surface area contributed by atoms with E-state index in [-0.39, 0.29) is 0 Å². The minimum atomic E-state index is 0.904. The first-order chi connectivity index (χ1) is 28.3. The van der Waals surface area contributed by atoms with Gasteiger partial charge in [-0.25, -0.2) is 0 Å². The topological polar surface area (TPSA) is 21.3 Å². The van der Waals surface area contributed by atoms with Crippen LogP contribution in [0.1, 0.15) is 0 Å². The van der Waals surface area contributed by atoms with E-state index < -0.39 is 0 Å². The van der Waals surface area contributed by atoms with Crippen molar-refractivity contribution in [2.24, 2.45) is 0 Å². The number of anilines is 3. The van der Waals surface area contributed by atoms with Gasteiger partial charge in [0, 0.05) is 49.6 Å². The van der Waals surface area contributed by atoms with Crippen LogP contribution in [0.3, 0.4) is 0 Å². The Balaban J connectivity index is 1.04. The average molecular weight is 729 g/mol. The second kappa shape index (κ2) is 13.6. The molecule has 0 unspecified atom stereocenters. The predicted molar refractivity (Wildman–Crippen MR) is 239 cm³/mol. The summed E-state index contributed by atoms with van der Waals surface area (Å²) in [5.41, 5.74) is 15.5. The average Bonchev–Trinajstić information content (AvgIpc) is 3.84. The number of fused-ring (bicyclic) bond motifs is 6. The molecule has 0 N–H and O–H groups in total. The zero-order valence-corrected chi connectivity index (χ0v) is 31.1. The quantitative estimate of drug-likeness (QED) is 0.163. The Morgan fingerprint density at radius 2 is 0.825 bits per heavy atom. The molecule has 0 aliphatic rings. The summed E-state index contributed by atoms with van der Waals surface area (Å²) in [6, 6.07) is 78.0. The van der Waals surface area contributed by atoms with Gasteiger partial charge >= 0.3 is 0 Å². The molecular formula is C54H36N2O. The van der Waals surface area contributed by atoms with Crippen molar-refractivity contribution >= 4 is 60.8 Å². The van der Waals surface area contributed by atoms with E-state index in [0.717, 1.165) is 66.9 Å². The van der Waals surface area contributed by atoms with Crippen LogP contribution in [0.15, 0.2) is 223 Å². The first-order valence-electron chi connectivity index (χ1n) is 19.4. The molecule has 11 aromatic rings. The number of benzene rings is 9. The van der Waals surface area contributed by atoms with Crippen LogP contribution < -0.4 is 4.90 Å². The lowest BCUT2D eigenvalue weighted by molar-refractivity contribution is 0.670. The fourth-order valence-electron chi connectivity index (χ4n) is 8.61. The summed E-state index contributed by atoms with van der Waals surface area (Å²) < 4.78 is 8.84. The zero-order valence-electron chi connectivity index (χ0n) is 31.1. The highest BCUT2D eigenvalue weighted by Gasteiger charge is 2.20. The van der Waals surface area contributed by atoms with E-state index in [1.165, 1.54) is 32.9 Å². The van der Waals surface area contributed by atoms with Crippen LogP contribution in [0.25, 0.3) is 82.8 Å². The third-order valence-electron chi connectivity index (χ3n) is 11.2. The summed E-state index contributed by atoms with van der Waals surface area (Å²) >= 11 is 0. The number of hydrogen-bond acceptors (Lipinski definition) is 2. The van der Waals surface area contributed by atoms with Gasteiger partial charge in [0.2, 0.25) is 0 Å². The van der Waals surface area contributed by atoms with Gasteiger partial charge in [0.1, 0.15) is 11.2 Å². The normalized spacial score (nSPS) is 11.5. The monoisotopic (exact) mass is 728 g/mol. The third-order valence-corrected chi connectivity index (χ3v) is 11.2. The molecule has 3 heteroatoms. The minimum absolute atomic E-state index is 0.904. The van der Waals surface area contributed by atoms with Gasteiger partial charge in [-0.3, -0.25) is 0 Å². The number of furan rings is 1. The van der Waals surface area contributed by atoms with Crippen molar-refractivity contribution in [3.63, 3.8) is 0 Å². The Bertz CT molecular complexity index is 3170. The van der Waals surface area contributed by atoms with Crippen molar-refractivity contribution in [1.29, 1.82) is 0 Å². The number of hydrogen-bond donors (Lipinski definition) is 0. The van der Waals surface area contributed by atoms with Gasteiger partial charge in [0.05, 0.1) is 22.4 Å². The molecule has 268 valence electrons. The van der Waals surface area contributed by atoms with E-state index >= 15 is 0 Å². The minimum Gasteiger partial charge on any atom is -0.455 e. The lowest BCUT2D eigenvalue weighted by Crippen LogP contribution is -2.11. The van der Waals surface area contributed by atoms with Gasteiger partial charge in [0.15, 0.2) is 0 Å². The van der Waals surface area contributed by atoms with E-state index in [1.54, 1.807) is 0 Å². The molecule has 11 rings (SSSR count). The van der Waals surface area contributed by atoms with Gasteiger partial charge in [-0.2, -0.15) is 0 Å². The van der Waals surface area contributed by atoms with Crippen LogP contribution >= 0.6 is 0 Å². The van der Waals surface area contributed by atoms with Gasteiger partial charge < -0.3 is 13.9 Å². The second-order valence-corrected chi connectivity index (χ2v) is 14.5. The number of para-hydroxylation sites is 6. The lowest BCUT2D eigenvalue weighted by Gasteiger charge is -2.28. The Morgan fingerprint density at radius 1 is 0.333 bits per heavy atom. The highest BCUT2D eigenvalue weighted by molar-refractivity contribution is 6.10. The molecule has 0 aliphatic carbocycles. The molecule has 0 atom stereocenters. The van der Waals surface area contributed by atoms with E-state index in [2.05, 4.69) is 216 Å². The number of rotatable bonds is 7. The highest BCUT2D eigenvalue weighted by atomic mass is 16.3.